The molecule has 28 heavy (non-hydrogen) atoms. The summed E-state index contributed by atoms with van der Waals surface area (Å²) in [4.78, 5) is 12.3. The van der Waals surface area contributed by atoms with Gasteiger partial charge < -0.3 is 4.42 Å². The molecule has 1 heterocycles. The molecule has 8 heteroatoms. The van der Waals surface area contributed by atoms with Crippen LogP contribution < -0.4 is 5.43 Å². The molecule has 1 N–H and O–H groups in total. The highest BCUT2D eigenvalue weighted by atomic mass is 32.2. The fourth-order valence-electron chi connectivity index (χ4n) is 2.42. The van der Waals surface area contributed by atoms with E-state index in [0.29, 0.717) is 11.3 Å². The van der Waals surface area contributed by atoms with E-state index in [-0.39, 0.29) is 28.0 Å². The van der Waals surface area contributed by atoms with Gasteiger partial charge in [-0.25, -0.2) is 18.2 Å². The largest absolute Gasteiger partial charge is 0.455 e. The number of carbonyl (C=O) groups is 1. The Morgan fingerprint density at radius 1 is 1.04 bits per heavy atom. The number of hydrogen-bond acceptors (Lipinski definition) is 5. The van der Waals surface area contributed by atoms with Gasteiger partial charge in [0.05, 0.1) is 10.6 Å². The van der Waals surface area contributed by atoms with Gasteiger partial charge >= 0.3 is 5.91 Å². The third-order valence-corrected chi connectivity index (χ3v) is 5.56. The van der Waals surface area contributed by atoms with Crippen molar-refractivity contribution < 1.29 is 22.0 Å². The molecule has 0 aliphatic rings. The summed E-state index contributed by atoms with van der Waals surface area (Å²) in [6.45, 7) is 1.66. The molecule has 3 aromatic rings. The Balaban J connectivity index is 1.67. The van der Waals surface area contributed by atoms with Crippen LogP contribution in [-0.2, 0) is 15.6 Å². The van der Waals surface area contributed by atoms with Gasteiger partial charge in [-0.1, -0.05) is 30.3 Å². The lowest BCUT2D eigenvalue weighted by Gasteiger charge is -2.03. The lowest BCUT2D eigenvalue weighted by atomic mass is 10.1. The first kappa shape index (κ1) is 19.5. The van der Waals surface area contributed by atoms with Gasteiger partial charge in [-0.05, 0) is 48.9 Å². The molecule has 0 saturated heterocycles. The molecular formula is C20H17FN2O4S. The SMILES string of the molecule is C/C(=N/NC(=O)c1ccc(CS(=O)(=O)c2ccccc2)o1)c1ccc(F)cc1. The molecule has 1 amide bonds. The van der Waals surface area contributed by atoms with Crippen LogP contribution in [0.1, 0.15) is 28.8 Å². The van der Waals surface area contributed by atoms with Gasteiger partial charge in [0.1, 0.15) is 17.3 Å². The van der Waals surface area contributed by atoms with E-state index in [1.807, 2.05) is 0 Å². The summed E-state index contributed by atoms with van der Waals surface area (Å²) >= 11 is 0. The fraction of sp³-hybridized carbons (Fsp3) is 0.100. The second-order valence-electron chi connectivity index (χ2n) is 5.98. The number of sulfone groups is 1. The summed E-state index contributed by atoms with van der Waals surface area (Å²) in [5.41, 5.74) is 3.46. The third-order valence-electron chi connectivity index (χ3n) is 3.91. The average Bonchev–Trinajstić information content (AvgIpc) is 3.15. The number of halogens is 1. The molecule has 144 valence electrons. The molecule has 0 bridgehead atoms. The van der Waals surface area contributed by atoms with Crippen LogP contribution in [0.25, 0.3) is 0 Å². The van der Waals surface area contributed by atoms with Crippen molar-refractivity contribution in [1.82, 2.24) is 5.43 Å². The van der Waals surface area contributed by atoms with Crippen molar-refractivity contribution in [1.29, 1.82) is 0 Å². The predicted molar refractivity (Wildman–Crippen MR) is 102 cm³/mol. The van der Waals surface area contributed by atoms with Gasteiger partial charge in [0.15, 0.2) is 15.6 Å². The van der Waals surface area contributed by atoms with Crippen molar-refractivity contribution in [2.45, 2.75) is 17.6 Å². The first-order valence-corrected chi connectivity index (χ1v) is 9.97. The van der Waals surface area contributed by atoms with Gasteiger partial charge in [-0.3, -0.25) is 4.79 Å². The number of nitrogens with one attached hydrogen (secondary N) is 1. The minimum Gasteiger partial charge on any atom is -0.455 e. The monoisotopic (exact) mass is 400 g/mol. The molecule has 2 aromatic carbocycles. The Bertz CT molecular complexity index is 1100. The van der Waals surface area contributed by atoms with Gasteiger partial charge in [0, 0.05) is 0 Å². The molecule has 0 aliphatic heterocycles. The third kappa shape index (κ3) is 4.72. The maximum atomic E-state index is 12.9. The van der Waals surface area contributed by atoms with Crippen LogP contribution in [0.5, 0.6) is 0 Å². The van der Waals surface area contributed by atoms with E-state index in [1.54, 1.807) is 37.3 Å². The summed E-state index contributed by atoms with van der Waals surface area (Å²) in [7, 11) is -3.57. The summed E-state index contributed by atoms with van der Waals surface area (Å²) in [6, 6.07) is 16.5. The molecule has 0 aliphatic carbocycles. The number of hydrogen-bond donors (Lipinski definition) is 1. The summed E-state index contributed by atoms with van der Waals surface area (Å²) in [5, 5.41) is 3.95. The number of rotatable bonds is 6. The summed E-state index contributed by atoms with van der Waals surface area (Å²) in [6.07, 6.45) is 0. The lowest BCUT2D eigenvalue weighted by molar-refractivity contribution is 0.0925. The van der Waals surface area contributed by atoms with Crippen LogP contribution in [0.4, 0.5) is 4.39 Å². The van der Waals surface area contributed by atoms with Crippen molar-refractivity contribution in [3.63, 3.8) is 0 Å². The topological polar surface area (TPSA) is 88.7 Å². The van der Waals surface area contributed by atoms with E-state index in [1.165, 1.54) is 36.4 Å². The van der Waals surface area contributed by atoms with E-state index < -0.39 is 15.7 Å². The normalized spacial score (nSPS) is 12.0. The second-order valence-corrected chi connectivity index (χ2v) is 7.97. The van der Waals surface area contributed by atoms with Gasteiger partial charge in [-0.15, -0.1) is 0 Å². The zero-order valence-corrected chi connectivity index (χ0v) is 15.7. The Morgan fingerprint density at radius 3 is 2.39 bits per heavy atom. The number of nitrogens with zero attached hydrogens (tertiary/aromatic N) is 1. The first-order chi connectivity index (χ1) is 13.3. The highest BCUT2D eigenvalue weighted by molar-refractivity contribution is 7.90. The van der Waals surface area contributed by atoms with Crippen LogP contribution >= 0.6 is 0 Å². The molecule has 0 unspecified atom stereocenters. The zero-order valence-electron chi connectivity index (χ0n) is 14.9. The molecule has 3 rings (SSSR count). The molecule has 0 radical (unpaired) electrons. The zero-order chi connectivity index (χ0) is 20.1. The number of hydrazone groups is 1. The maximum Gasteiger partial charge on any atom is 0.307 e. The minimum absolute atomic E-state index is 0.0612. The minimum atomic E-state index is -3.57. The lowest BCUT2D eigenvalue weighted by Crippen LogP contribution is -2.18. The Labute approximate surface area is 161 Å². The molecule has 1 aromatic heterocycles. The van der Waals surface area contributed by atoms with E-state index in [2.05, 4.69) is 10.5 Å². The average molecular weight is 400 g/mol. The summed E-state index contributed by atoms with van der Waals surface area (Å²) < 4.78 is 43.0. The first-order valence-electron chi connectivity index (χ1n) is 8.32. The van der Waals surface area contributed by atoms with Crippen molar-refractivity contribution in [2.24, 2.45) is 5.10 Å². The Kier molecular flexibility index (Phi) is 5.70. The Hall–Kier alpha value is -3.26. The van der Waals surface area contributed by atoms with Crippen molar-refractivity contribution >= 4 is 21.5 Å². The van der Waals surface area contributed by atoms with Crippen molar-refractivity contribution in [3.05, 3.63) is 89.6 Å². The molecule has 0 spiro atoms. The number of benzene rings is 2. The van der Waals surface area contributed by atoms with Crippen molar-refractivity contribution in [2.75, 3.05) is 0 Å². The molecule has 0 fully saturated rings. The number of carbonyl (C=O) groups excluding carboxylic acids is 1. The van der Waals surface area contributed by atoms with E-state index in [0.717, 1.165) is 0 Å². The van der Waals surface area contributed by atoms with Crippen LogP contribution in [0.2, 0.25) is 0 Å². The standard InChI is InChI=1S/C20H17FN2O4S/c1-14(15-7-9-16(21)10-8-15)22-23-20(24)19-12-11-17(27-19)13-28(25,26)18-5-3-2-4-6-18/h2-12H,13H2,1H3,(H,23,24)/b22-14-. The van der Waals surface area contributed by atoms with Crippen LogP contribution in [-0.4, -0.2) is 20.0 Å². The second kappa shape index (κ2) is 8.18. The molecule has 0 atom stereocenters. The van der Waals surface area contributed by atoms with Gasteiger partial charge in [-0.2, -0.15) is 5.10 Å². The van der Waals surface area contributed by atoms with E-state index in [9.17, 15) is 17.6 Å². The van der Waals surface area contributed by atoms with Gasteiger partial charge in [0.25, 0.3) is 0 Å². The smallest absolute Gasteiger partial charge is 0.307 e. The van der Waals surface area contributed by atoms with Crippen LogP contribution in [0.3, 0.4) is 0 Å². The maximum absolute atomic E-state index is 12.9. The molecule has 6 nitrogen and oxygen atoms in total. The van der Waals surface area contributed by atoms with Crippen LogP contribution in [0.15, 0.2) is 81.1 Å². The Morgan fingerprint density at radius 2 is 1.71 bits per heavy atom. The van der Waals surface area contributed by atoms with Crippen molar-refractivity contribution in [3.8, 4) is 0 Å². The molecule has 0 saturated carbocycles. The van der Waals surface area contributed by atoms with E-state index >= 15 is 0 Å². The van der Waals surface area contributed by atoms with E-state index in [4.69, 9.17) is 4.42 Å². The number of amides is 1. The fourth-order valence-corrected chi connectivity index (χ4v) is 3.69. The highest BCUT2D eigenvalue weighted by Crippen LogP contribution is 2.18. The quantitative estimate of drug-likeness (QED) is 0.506. The number of furan rings is 1. The van der Waals surface area contributed by atoms with Gasteiger partial charge in [0.2, 0.25) is 0 Å². The van der Waals surface area contributed by atoms with Crippen LogP contribution in [0, 0.1) is 5.82 Å². The predicted octanol–water partition coefficient (Wildman–Crippen LogP) is 3.55. The summed E-state index contributed by atoms with van der Waals surface area (Å²) in [5.74, 6) is -1.26. The molecular weight excluding hydrogens is 383 g/mol. The highest BCUT2D eigenvalue weighted by Gasteiger charge is 2.19.